The van der Waals surface area contributed by atoms with Gasteiger partial charge in [0.2, 0.25) is 5.91 Å². The fourth-order valence-electron chi connectivity index (χ4n) is 1.97. The summed E-state index contributed by atoms with van der Waals surface area (Å²) in [5.74, 6) is -0.366. The van der Waals surface area contributed by atoms with Gasteiger partial charge in [-0.05, 0) is 47.0 Å². The number of benzene rings is 1. The summed E-state index contributed by atoms with van der Waals surface area (Å²) in [6.45, 7) is 4.01. The van der Waals surface area contributed by atoms with Crippen LogP contribution in [0.25, 0.3) is 10.9 Å². The zero-order valence-corrected chi connectivity index (χ0v) is 11.9. The number of nitrogens with one attached hydrogen (secondary N) is 1. The SMILES string of the molecule is Cc1[nH]c2c(CC(N)=O)cc(Cl)c(Br)c2c1C. The van der Waals surface area contributed by atoms with E-state index in [1.807, 2.05) is 13.8 Å². The van der Waals surface area contributed by atoms with Crippen molar-refractivity contribution < 1.29 is 4.79 Å². The normalized spacial score (nSPS) is 11.1. The maximum Gasteiger partial charge on any atom is 0.221 e. The van der Waals surface area contributed by atoms with Crippen LogP contribution in [-0.2, 0) is 11.2 Å². The highest BCUT2D eigenvalue weighted by molar-refractivity contribution is 9.10. The molecule has 5 heteroatoms. The molecule has 1 heterocycles. The second kappa shape index (κ2) is 4.35. The predicted octanol–water partition coefficient (Wildman–Crippen LogP) is 3.23. The largest absolute Gasteiger partial charge is 0.369 e. The number of aryl methyl sites for hydroxylation is 2. The average molecular weight is 316 g/mol. The van der Waals surface area contributed by atoms with E-state index in [2.05, 4.69) is 20.9 Å². The molecule has 1 aromatic heterocycles. The van der Waals surface area contributed by atoms with E-state index in [9.17, 15) is 4.79 Å². The molecule has 1 aromatic carbocycles. The molecule has 0 atom stereocenters. The lowest BCUT2D eigenvalue weighted by Crippen LogP contribution is -2.14. The quantitative estimate of drug-likeness (QED) is 0.878. The van der Waals surface area contributed by atoms with Gasteiger partial charge >= 0.3 is 0 Å². The van der Waals surface area contributed by atoms with Crippen LogP contribution in [0.15, 0.2) is 10.5 Å². The summed E-state index contributed by atoms with van der Waals surface area (Å²) >= 11 is 9.62. The van der Waals surface area contributed by atoms with Crippen LogP contribution in [0.3, 0.4) is 0 Å². The summed E-state index contributed by atoms with van der Waals surface area (Å²) in [6.07, 6.45) is 0.183. The van der Waals surface area contributed by atoms with Crippen LogP contribution in [0.4, 0.5) is 0 Å². The fraction of sp³-hybridized carbons (Fsp3) is 0.250. The lowest BCUT2D eigenvalue weighted by Gasteiger charge is -2.05. The van der Waals surface area contributed by atoms with Crippen LogP contribution in [0, 0.1) is 13.8 Å². The van der Waals surface area contributed by atoms with Gasteiger partial charge in [0, 0.05) is 15.6 Å². The molecule has 1 amide bonds. The van der Waals surface area contributed by atoms with Crippen LogP contribution in [0.2, 0.25) is 5.02 Å². The molecule has 0 aliphatic heterocycles. The Kier molecular flexibility index (Phi) is 3.19. The minimum absolute atomic E-state index is 0.183. The zero-order chi connectivity index (χ0) is 12.7. The van der Waals surface area contributed by atoms with Gasteiger partial charge in [0.15, 0.2) is 0 Å². The minimum Gasteiger partial charge on any atom is -0.369 e. The molecule has 0 aliphatic carbocycles. The van der Waals surface area contributed by atoms with Gasteiger partial charge in [0.05, 0.1) is 17.0 Å². The van der Waals surface area contributed by atoms with E-state index in [1.54, 1.807) is 6.07 Å². The number of aromatic nitrogens is 1. The van der Waals surface area contributed by atoms with Crippen LogP contribution < -0.4 is 5.73 Å². The van der Waals surface area contributed by atoms with Crippen molar-refractivity contribution in [3.05, 3.63) is 32.4 Å². The number of nitrogens with two attached hydrogens (primary N) is 1. The van der Waals surface area contributed by atoms with E-state index in [4.69, 9.17) is 17.3 Å². The van der Waals surface area contributed by atoms with E-state index in [1.165, 1.54) is 0 Å². The third-order valence-corrected chi connectivity index (χ3v) is 4.27. The lowest BCUT2D eigenvalue weighted by molar-refractivity contribution is -0.117. The van der Waals surface area contributed by atoms with Crippen molar-refractivity contribution in [2.45, 2.75) is 20.3 Å². The highest BCUT2D eigenvalue weighted by atomic mass is 79.9. The molecule has 17 heavy (non-hydrogen) atoms. The Morgan fingerprint density at radius 3 is 2.76 bits per heavy atom. The van der Waals surface area contributed by atoms with Crippen LogP contribution >= 0.6 is 27.5 Å². The van der Waals surface area contributed by atoms with Crippen molar-refractivity contribution in [1.29, 1.82) is 0 Å². The number of carbonyl (C=O) groups is 1. The van der Waals surface area contributed by atoms with E-state index in [0.717, 1.165) is 32.2 Å². The highest BCUT2D eigenvalue weighted by Gasteiger charge is 2.15. The number of H-pyrrole nitrogens is 1. The molecule has 3 N–H and O–H groups in total. The summed E-state index contributed by atoms with van der Waals surface area (Å²) in [4.78, 5) is 14.3. The summed E-state index contributed by atoms with van der Waals surface area (Å²) in [5, 5.41) is 1.61. The number of primary amides is 1. The van der Waals surface area contributed by atoms with Crippen molar-refractivity contribution in [3.8, 4) is 0 Å². The van der Waals surface area contributed by atoms with Gasteiger partial charge < -0.3 is 10.7 Å². The number of rotatable bonds is 2. The van der Waals surface area contributed by atoms with Crippen LogP contribution in [0.5, 0.6) is 0 Å². The fourth-order valence-corrected chi connectivity index (χ4v) is 2.81. The molecule has 2 rings (SSSR count). The third kappa shape index (κ3) is 2.07. The van der Waals surface area contributed by atoms with Crippen molar-refractivity contribution in [2.24, 2.45) is 5.73 Å². The Balaban J connectivity index is 2.82. The van der Waals surface area contributed by atoms with Gasteiger partial charge in [0.1, 0.15) is 0 Å². The zero-order valence-electron chi connectivity index (χ0n) is 9.53. The van der Waals surface area contributed by atoms with Crippen LogP contribution in [0.1, 0.15) is 16.8 Å². The van der Waals surface area contributed by atoms with Crippen molar-refractivity contribution in [3.63, 3.8) is 0 Å². The van der Waals surface area contributed by atoms with Gasteiger partial charge in [-0.1, -0.05) is 11.6 Å². The number of hydrogen-bond donors (Lipinski definition) is 2. The molecule has 0 aliphatic rings. The number of hydrogen-bond acceptors (Lipinski definition) is 1. The molecule has 0 spiro atoms. The summed E-state index contributed by atoms with van der Waals surface area (Å²) in [6, 6.07) is 1.77. The van der Waals surface area contributed by atoms with E-state index >= 15 is 0 Å². The first-order valence-corrected chi connectivity index (χ1v) is 6.33. The number of carbonyl (C=O) groups excluding carboxylic acids is 1. The number of aromatic amines is 1. The van der Waals surface area contributed by atoms with E-state index in [0.29, 0.717) is 5.02 Å². The Morgan fingerprint density at radius 1 is 1.53 bits per heavy atom. The average Bonchev–Trinajstić information content (AvgIpc) is 2.52. The minimum atomic E-state index is -0.366. The Morgan fingerprint density at radius 2 is 2.18 bits per heavy atom. The van der Waals surface area contributed by atoms with E-state index < -0.39 is 0 Å². The Hall–Kier alpha value is -1.000. The molecule has 0 fully saturated rings. The molecular weight excluding hydrogens is 304 g/mol. The maximum atomic E-state index is 11.1. The first kappa shape index (κ1) is 12.5. The second-order valence-corrected chi connectivity index (χ2v) is 5.30. The van der Waals surface area contributed by atoms with Gasteiger partial charge in [0.25, 0.3) is 0 Å². The van der Waals surface area contributed by atoms with Gasteiger partial charge in [-0.15, -0.1) is 0 Å². The maximum absolute atomic E-state index is 11.1. The van der Waals surface area contributed by atoms with Crippen molar-refractivity contribution in [1.82, 2.24) is 4.98 Å². The van der Waals surface area contributed by atoms with Crippen molar-refractivity contribution in [2.75, 3.05) is 0 Å². The third-order valence-electron chi connectivity index (χ3n) is 2.92. The lowest BCUT2D eigenvalue weighted by atomic mass is 10.1. The summed E-state index contributed by atoms with van der Waals surface area (Å²) in [5.41, 5.74) is 9.19. The first-order chi connectivity index (χ1) is 7.91. The molecule has 0 radical (unpaired) electrons. The topological polar surface area (TPSA) is 58.9 Å². The molecular formula is C12H12BrClN2O. The highest BCUT2D eigenvalue weighted by Crippen LogP contribution is 2.36. The standard InChI is InChI=1S/C12H12BrClN2O/c1-5-6(2)16-12-7(4-9(15)17)3-8(14)11(13)10(5)12/h3,16H,4H2,1-2H3,(H2,15,17). The van der Waals surface area contributed by atoms with Crippen LogP contribution in [-0.4, -0.2) is 10.9 Å². The predicted molar refractivity (Wildman–Crippen MR) is 73.4 cm³/mol. The molecule has 0 bridgehead atoms. The molecule has 3 nitrogen and oxygen atoms in total. The summed E-state index contributed by atoms with van der Waals surface area (Å²) in [7, 11) is 0. The number of halogens is 2. The molecule has 0 unspecified atom stereocenters. The monoisotopic (exact) mass is 314 g/mol. The number of fused-ring (bicyclic) bond motifs is 1. The number of amides is 1. The van der Waals surface area contributed by atoms with Gasteiger partial charge in [-0.2, -0.15) is 0 Å². The summed E-state index contributed by atoms with van der Waals surface area (Å²) < 4.78 is 0.851. The second-order valence-electron chi connectivity index (χ2n) is 4.10. The molecule has 0 saturated carbocycles. The molecule has 2 aromatic rings. The molecule has 90 valence electrons. The van der Waals surface area contributed by atoms with Gasteiger partial charge in [-0.3, -0.25) is 4.79 Å². The van der Waals surface area contributed by atoms with Crippen molar-refractivity contribution >= 4 is 44.3 Å². The van der Waals surface area contributed by atoms with E-state index in [-0.39, 0.29) is 12.3 Å². The Bertz CT molecular complexity index is 619. The van der Waals surface area contributed by atoms with Gasteiger partial charge in [-0.25, -0.2) is 0 Å². The smallest absolute Gasteiger partial charge is 0.221 e. The Labute approximate surface area is 112 Å². The first-order valence-electron chi connectivity index (χ1n) is 5.16. The molecule has 0 saturated heterocycles.